The van der Waals surface area contributed by atoms with Crippen LogP contribution in [0.5, 0.6) is 0 Å². The standard InChI is InChI=1S/C10H10O2S/c1-7-5-13-6-9(7)10(11)8-2-3-12-4-8/h2-6,10-11H,1H3. The average Bonchev–Trinajstić information content (AvgIpc) is 2.72. The van der Waals surface area contributed by atoms with Crippen molar-refractivity contribution in [3.63, 3.8) is 0 Å². The average molecular weight is 194 g/mol. The summed E-state index contributed by atoms with van der Waals surface area (Å²) in [5.41, 5.74) is 2.90. The van der Waals surface area contributed by atoms with E-state index in [-0.39, 0.29) is 0 Å². The van der Waals surface area contributed by atoms with Gasteiger partial charge in [0, 0.05) is 5.56 Å². The molecule has 2 heterocycles. The number of thiophene rings is 1. The SMILES string of the molecule is Cc1cscc1C(O)c1ccoc1. The number of aliphatic hydroxyl groups excluding tert-OH is 1. The van der Waals surface area contributed by atoms with Crippen molar-refractivity contribution in [2.75, 3.05) is 0 Å². The molecule has 0 aromatic carbocycles. The highest BCUT2D eigenvalue weighted by molar-refractivity contribution is 7.08. The van der Waals surface area contributed by atoms with Crippen molar-refractivity contribution in [2.24, 2.45) is 0 Å². The largest absolute Gasteiger partial charge is 0.472 e. The summed E-state index contributed by atoms with van der Waals surface area (Å²) in [6, 6.07) is 1.78. The van der Waals surface area contributed by atoms with Gasteiger partial charge in [-0.3, -0.25) is 0 Å². The maximum atomic E-state index is 9.90. The lowest BCUT2D eigenvalue weighted by Gasteiger charge is -2.06. The Balaban J connectivity index is 2.33. The van der Waals surface area contributed by atoms with Crippen LogP contribution in [-0.2, 0) is 0 Å². The molecule has 0 bridgehead atoms. The number of aryl methyl sites for hydroxylation is 1. The zero-order chi connectivity index (χ0) is 9.26. The van der Waals surface area contributed by atoms with Crippen molar-refractivity contribution in [2.45, 2.75) is 13.0 Å². The maximum absolute atomic E-state index is 9.90. The van der Waals surface area contributed by atoms with Gasteiger partial charge in [-0.25, -0.2) is 0 Å². The molecule has 0 fully saturated rings. The van der Waals surface area contributed by atoms with Gasteiger partial charge in [-0.05, 0) is 34.9 Å². The zero-order valence-electron chi connectivity index (χ0n) is 7.23. The molecule has 0 spiro atoms. The van der Waals surface area contributed by atoms with Crippen molar-refractivity contribution in [3.05, 3.63) is 46.0 Å². The highest BCUT2D eigenvalue weighted by atomic mass is 32.1. The molecule has 0 saturated carbocycles. The summed E-state index contributed by atoms with van der Waals surface area (Å²) in [5, 5.41) is 13.9. The van der Waals surface area contributed by atoms with Gasteiger partial charge in [-0.15, -0.1) is 0 Å². The predicted molar refractivity (Wildman–Crippen MR) is 51.8 cm³/mol. The first-order valence-corrected chi connectivity index (χ1v) is 4.96. The van der Waals surface area contributed by atoms with E-state index in [2.05, 4.69) is 0 Å². The second kappa shape index (κ2) is 3.36. The Morgan fingerprint density at radius 2 is 2.31 bits per heavy atom. The Kier molecular flexibility index (Phi) is 2.20. The van der Waals surface area contributed by atoms with Gasteiger partial charge in [0.15, 0.2) is 0 Å². The van der Waals surface area contributed by atoms with E-state index in [1.54, 1.807) is 29.9 Å². The molecule has 0 amide bonds. The summed E-state index contributed by atoms with van der Waals surface area (Å²) in [4.78, 5) is 0. The van der Waals surface area contributed by atoms with Crippen molar-refractivity contribution >= 4 is 11.3 Å². The molecule has 13 heavy (non-hydrogen) atoms. The molecule has 1 unspecified atom stereocenters. The first-order chi connectivity index (χ1) is 6.29. The Labute approximate surface area is 80.4 Å². The fourth-order valence-electron chi connectivity index (χ4n) is 1.26. The van der Waals surface area contributed by atoms with Crippen LogP contribution in [0.1, 0.15) is 22.8 Å². The van der Waals surface area contributed by atoms with Crippen LogP contribution in [0, 0.1) is 6.92 Å². The van der Waals surface area contributed by atoms with E-state index in [1.807, 2.05) is 17.7 Å². The summed E-state index contributed by atoms with van der Waals surface area (Å²) in [7, 11) is 0. The van der Waals surface area contributed by atoms with Crippen LogP contribution in [0.3, 0.4) is 0 Å². The summed E-state index contributed by atoms with van der Waals surface area (Å²) < 4.78 is 4.92. The highest BCUT2D eigenvalue weighted by Crippen LogP contribution is 2.27. The molecule has 2 nitrogen and oxygen atoms in total. The molecule has 2 aromatic heterocycles. The summed E-state index contributed by atoms with van der Waals surface area (Å²) in [6.45, 7) is 2.00. The molecule has 2 aromatic rings. The van der Waals surface area contributed by atoms with Crippen LogP contribution in [-0.4, -0.2) is 5.11 Å². The van der Waals surface area contributed by atoms with Crippen LogP contribution in [0.2, 0.25) is 0 Å². The normalized spacial score (nSPS) is 13.1. The minimum Gasteiger partial charge on any atom is -0.472 e. The minimum atomic E-state index is -0.551. The van der Waals surface area contributed by atoms with E-state index < -0.39 is 6.10 Å². The van der Waals surface area contributed by atoms with Crippen LogP contribution < -0.4 is 0 Å². The van der Waals surface area contributed by atoms with Gasteiger partial charge >= 0.3 is 0 Å². The van der Waals surface area contributed by atoms with Crippen molar-refractivity contribution in [1.29, 1.82) is 0 Å². The van der Waals surface area contributed by atoms with Gasteiger partial charge in [0.25, 0.3) is 0 Å². The van der Waals surface area contributed by atoms with Gasteiger partial charge in [0.05, 0.1) is 12.5 Å². The fourth-order valence-corrected chi connectivity index (χ4v) is 2.13. The molecule has 2 rings (SSSR count). The Hall–Kier alpha value is -1.06. The monoisotopic (exact) mass is 194 g/mol. The Morgan fingerprint density at radius 1 is 1.46 bits per heavy atom. The molecule has 0 radical (unpaired) electrons. The smallest absolute Gasteiger partial charge is 0.108 e. The zero-order valence-corrected chi connectivity index (χ0v) is 8.04. The van der Waals surface area contributed by atoms with Crippen LogP contribution in [0.25, 0.3) is 0 Å². The lowest BCUT2D eigenvalue weighted by molar-refractivity contribution is 0.219. The number of rotatable bonds is 2. The maximum Gasteiger partial charge on any atom is 0.108 e. The number of hydrogen-bond acceptors (Lipinski definition) is 3. The highest BCUT2D eigenvalue weighted by Gasteiger charge is 2.13. The number of furan rings is 1. The lowest BCUT2D eigenvalue weighted by atomic mass is 10.0. The second-order valence-corrected chi connectivity index (χ2v) is 3.71. The molecule has 0 aliphatic heterocycles. The van der Waals surface area contributed by atoms with E-state index in [0.717, 1.165) is 16.7 Å². The van der Waals surface area contributed by atoms with Gasteiger partial charge in [0.1, 0.15) is 6.10 Å². The number of aliphatic hydroxyl groups is 1. The molecule has 0 saturated heterocycles. The van der Waals surface area contributed by atoms with Crippen molar-refractivity contribution in [1.82, 2.24) is 0 Å². The summed E-state index contributed by atoms with van der Waals surface area (Å²) in [6.07, 6.45) is 2.59. The third kappa shape index (κ3) is 1.53. The first kappa shape index (κ1) is 8.53. The topological polar surface area (TPSA) is 33.4 Å². The lowest BCUT2D eigenvalue weighted by Crippen LogP contribution is -1.97. The molecular formula is C10H10O2S. The second-order valence-electron chi connectivity index (χ2n) is 2.97. The molecular weight excluding hydrogens is 184 g/mol. The molecule has 1 N–H and O–H groups in total. The molecule has 68 valence electrons. The quantitative estimate of drug-likeness (QED) is 0.797. The van der Waals surface area contributed by atoms with Crippen molar-refractivity contribution < 1.29 is 9.52 Å². The van der Waals surface area contributed by atoms with E-state index in [9.17, 15) is 5.11 Å². The fraction of sp³-hybridized carbons (Fsp3) is 0.200. The summed E-state index contributed by atoms with van der Waals surface area (Å²) >= 11 is 1.60. The van der Waals surface area contributed by atoms with Crippen LogP contribution >= 0.6 is 11.3 Å². The Bertz CT molecular complexity index is 375. The minimum absolute atomic E-state index is 0.551. The van der Waals surface area contributed by atoms with Crippen LogP contribution in [0.15, 0.2) is 33.8 Å². The van der Waals surface area contributed by atoms with E-state index in [4.69, 9.17) is 4.42 Å². The molecule has 1 atom stereocenters. The third-order valence-corrected chi connectivity index (χ3v) is 2.93. The van der Waals surface area contributed by atoms with Gasteiger partial charge in [0.2, 0.25) is 0 Å². The van der Waals surface area contributed by atoms with Gasteiger partial charge in [-0.1, -0.05) is 0 Å². The molecule has 0 aliphatic carbocycles. The molecule has 3 heteroatoms. The summed E-state index contributed by atoms with van der Waals surface area (Å²) in [5.74, 6) is 0. The predicted octanol–water partition coefficient (Wildman–Crippen LogP) is 2.73. The van der Waals surface area contributed by atoms with E-state index in [1.165, 1.54) is 0 Å². The van der Waals surface area contributed by atoms with Crippen LogP contribution in [0.4, 0.5) is 0 Å². The van der Waals surface area contributed by atoms with Crippen molar-refractivity contribution in [3.8, 4) is 0 Å². The first-order valence-electron chi connectivity index (χ1n) is 4.02. The van der Waals surface area contributed by atoms with Gasteiger partial charge < -0.3 is 9.52 Å². The Morgan fingerprint density at radius 3 is 2.85 bits per heavy atom. The van der Waals surface area contributed by atoms with E-state index in [0.29, 0.717) is 0 Å². The third-order valence-electron chi connectivity index (χ3n) is 2.05. The van der Waals surface area contributed by atoms with E-state index >= 15 is 0 Å². The number of hydrogen-bond donors (Lipinski definition) is 1. The van der Waals surface area contributed by atoms with Gasteiger partial charge in [-0.2, -0.15) is 11.3 Å². The molecule has 0 aliphatic rings.